The van der Waals surface area contributed by atoms with Crippen LogP contribution in [0.1, 0.15) is 20.3 Å². The van der Waals surface area contributed by atoms with Crippen molar-refractivity contribution >= 4 is 18.0 Å². The highest BCUT2D eigenvalue weighted by Crippen LogP contribution is 2.08. The zero-order chi connectivity index (χ0) is 15.7. The van der Waals surface area contributed by atoms with Crippen molar-refractivity contribution in [2.45, 2.75) is 26.3 Å². The molecule has 0 bridgehead atoms. The summed E-state index contributed by atoms with van der Waals surface area (Å²) in [7, 11) is 1.20. The fourth-order valence-corrected chi connectivity index (χ4v) is 1.57. The van der Waals surface area contributed by atoms with Gasteiger partial charge in [0.25, 0.3) is 0 Å². The van der Waals surface area contributed by atoms with E-state index in [-0.39, 0.29) is 12.5 Å². The van der Waals surface area contributed by atoms with E-state index in [1.807, 2.05) is 0 Å². The van der Waals surface area contributed by atoms with E-state index in [1.165, 1.54) is 12.0 Å². The number of rotatable bonds is 8. The minimum atomic E-state index is -1.11. The molecule has 0 unspecified atom stereocenters. The van der Waals surface area contributed by atoms with E-state index >= 15 is 0 Å². The second kappa shape index (κ2) is 8.95. The Morgan fingerprint density at radius 1 is 1.40 bits per heavy atom. The summed E-state index contributed by atoms with van der Waals surface area (Å²) in [6, 6.07) is -0.827. The molecule has 0 aliphatic heterocycles. The minimum absolute atomic E-state index is 0.193. The van der Waals surface area contributed by atoms with Gasteiger partial charge in [-0.05, 0) is 12.3 Å². The van der Waals surface area contributed by atoms with Crippen LogP contribution in [0.4, 0.5) is 4.79 Å². The van der Waals surface area contributed by atoms with Gasteiger partial charge in [0.2, 0.25) is 5.91 Å². The molecule has 114 valence electrons. The van der Waals surface area contributed by atoms with Crippen molar-refractivity contribution in [3.05, 3.63) is 12.7 Å². The molecule has 0 saturated carbocycles. The van der Waals surface area contributed by atoms with Crippen molar-refractivity contribution in [2.75, 3.05) is 20.2 Å². The molecule has 0 saturated heterocycles. The molecule has 20 heavy (non-hydrogen) atoms. The maximum Gasteiger partial charge on any atom is 0.407 e. The van der Waals surface area contributed by atoms with Crippen LogP contribution in [0, 0.1) is 5.92 Å². The molecule has 2 amide bonds. The van der Waals surface area contributed by atoms with Gasteiger partial charge in [-0.25, -0.2) is 4.79 Å². The van der Waals surface area contributed by atoms with Gasteiger partial charge in [-0.1, -0.05) is 19.9 Å². The van der Waals surface area contributed by atoms with Gasteiger partial charge in [-0.15, -0.1) is 6.58 Å². The third-order valence-corrected chi connectivity index (χ3v) is 2.63. The molecule has 2 N–H and O–H groups in total. The first-order valence-corrected chi connectivity index (χ1v) is 6.29. The highest BCUT2D eigenvalue weighted by atomic mass is 16.5. The fourth-order valence-electron chi connectivity index (χ4n) is 1.57. The lowest BCUT2D eigenvalue weighted by Gasteiger charge is -2.28. The van der Waals surface area contributed by atoms with Gasteiger partial charge in [-0.2, -0.15) is 0 Å². The van der Waals surface area contributed by atoms with Gasteiger partial charge < -0.3 is 20.1 Å². The second-order valence-electron chi connectivity index (χ2n) is 4.59. The van der Waals surface area contributed by atoms with Crippen molar-refractivity contribution < 1.29 is 24.2 Å². The predicted molar refractivity (Wildman–Crippen MR) is 73.2 cm³/mol. The lowest BCUT2D eigenvalue weighted by Crippen LogP contribution is -2.52. The Morgan fingerprint density at radius 3 is 2.40 bits per heavy atom. The number of hydrogen-bond donors (Lipinski definition) is 2. The number of carbonyl (C=O) groups excluding carboxylic acids is 2. The van der Waals surface area contributed by atoms with Crippen LogP contribution in [0.3, 0.4) is 0 Å². The van der Waals surface area contributed by atoms with Crippen molar-refractivity contribution in [3.63, 3.8) is 0 Å². The van der Waals surface area contributed by atoms with Crippen LogP contribution in [0.25, 0.3) is 0 Å². The topological polar surface area (TPSA) is 95.9 Å². The first kappa shape index (κ1) is 17.9. The van der Waals surface area contributed by atoms with Crippen molar-refractivity contribution in [2.24, 2.45) is 5.92 Å². The number of hydrogen-bond acceptors (Lipinski definition) is 4. The normalized spacial score (nSPS) is 11.6. The van der Waals surface area contributed by atoms with E-state index in [9.17, 15) is 14.4 Å². The SMILES string of the molecule is C=CCCN(CC(=O)O)C(=O)[C@@H](NC(=O)OC)C(C)C. The molecular weight excluding hydrogens is 264 g/mol. The van der Waals surface area contributed by atoms with Crippen LogP contribution in [0.5, 0.6) is 0 Å². The monoisotopic (exact) mass is 286 g/mol. The van der Waals surface area contributed by atoms with Crippen molar-refractivity contribution in [1.29, 1.82) is 0 Å². The van der Waals surface area contributed by atoms with Gasteiger partial charge in [-0.3, -0.25) is 9.59 Å². The number of nitrogens with zero attached hydrogens (tertiary/aromatic N) is 1. The Hall–Kier alpha value is -2.05. The minimum Gasteiger partial charge on any atom is -0.480 e. The number of ether oxygens (including phenoxy) is 1. The molecule has 1 atom stereocenters. The zero-order valence-corrected chi connectivity index (χ0v) is 12.1. The molecule has 0 aromatic rings. The lowest BCUT2D eigenvalue weighted by atomic mass is 10.0. The Bertz CT molecular complexity index is 368. The average Bonchev–Trinajstić information content (AvgIpc) is 2.38. The first-order valence-electron chi connectivity index (χ1n) is 6.29. The van der Waals surface area contributed by atoms with Crippen LogP contribution in [-0.2, 0) is 14.3 Å². The van der Waals surface area contributed by atoms with E-state index in [1.54, 1.807) is 19.9 Å². The summed E-state index contributed by atoms with van der Waals surface area (Å²) < 4.78 is 4.47. The molecule has 0 aromatic carbocycles. The van der Waals surface area contributed by atoms with Gasteiger partial charge in [0.1, 0.15) is 12.6 Å². The molecule has 0 aromatic heterocycles. The number of carbonyl (C=O) groups is 3. The van der Waals surface area contributed by atoms with E-state index in [0.29, 0.717) is 6.42 Å². The summed E-state index contributed by atoms with van der Waals surface area (Å²) in [6.07, 6.45) is 1.35. The van der Waals surface area contributed by atoms with Gasteiger partial charge in [0, 0.05) is 6.54 Å². The molecule has 0 radical (unpaired) electrons. The highest BCUT2D eigenvalue weighted by Gasteiger charge is 2.29. The average molecular weight is 286 g/mol. The zero-order valence-electron chi connectivity index (χ0n) is 12.1. The molecule has 0 fully saturated rings. The molecule has 0 rings (SSSR count). The highest BCUT2D eigenvalue weighted by molar-refractivity contribution is 5.88. The van der Waals surface area contributed by atoms with Crippen LogP contribution in [0.15, 0.2) is 12.7 Å². The summed E-state index contributed by atoms with van der Waals surface area (Å²) in [4.78, 5) is 35.6. The lowest BCUT2D eigenvalue weighted by molar-refractivity contribution is -0.145. The Morgan fingerprint density at radius 2 is 2.00 bits per heavy atom. The Balaban J connectivity index is 4.97. The maximum absolute atomic E-state index is 12.3. The van der Waals surface area contributed by atoms with Gasteiger partial charge in [0.05, 0.1) is 7.11 Å². The molecule has 7 heteroatoms. The van der Waals surface area contributed by atoms with Gasteiger partial charge in [0.15, 0.2) is 0 Å². The van der Waals surface area contributed by atoms with Crippen LogP contribution >= 0.6 is 0 Å². The summed E-state index contributed by atoms with van der Waals surface area (Å²) in [5.74, 6) is -1.75. The molecule has 0 spiro atoms. The largest absolute Gasteiger partial charge is 0.480 e. The molecule has 7 nitrogen and oxygen atoms in total. The number of methoxy groups -OCH3 is 1. The number of alkyl carbamates (subject to hydrolysis) is 1. The number of carboxylic acids is 1. The summed E-state index contributed by atoms with van der Waals surface area (Å²) in [6.45, 7) is 6.87. The van der Waals surface area contributed by atoms with E-state index in [4.69, 9.17) is 5.11 Å². The summed E-state index contributed by atoms with van der Waals surface area (Å²) in [5, 5.41) is 11.3. The smallest absolute Gasteiger partial charge is 0.407 e. The number of nitrogens with one attached hydrogen (secondary N) is 1. The number of amides is 2. The second-order valence-corrected chi connectivity index (χ2v) is 4.59. The Labute approximate surface area is 118 Å². The number of carboxylic acid groups (broad SMARTS) is 1. The third-order valence-electron chi connectivity index (χ3n) is 2.63. The quantitative estimate of drug-likeness (QED) is 0.645. The maximum atomic E-state index is 12.3. The summed E-state index contributed by atoms with van der Waals surface area (Å²) >= 11 is 0. The van der Waals surface area contributed by atoms with E-state index in [0.717, 1.165) is 0 Å². The molecular formula is C13H22N2O5. The molecule has 0 heterocycles. The fraction of sp³-hybridized carbons (Fsp3) is 0.615. The third kappa shape index (κ3) is 6.21. The predicted octanol–water partition coefficient (Wildman–Crippen LogP) is 0.856. The van der Waals surface area contributed by atoms with Crippen molar-refractivity contribution in [1.82, 2.24) is 10.2 Å². The van der Waals surface area contributed by atoms with Gasteiger partial charge >= 0.3 is 12.1 Å². The van der Waals surface area contributed by atoms with E-state index in [2.05, 4.69) is 16.6 Å². The first-order chi connectivity index (χ1) is 9.33. The van der Waals surface area contributed by atoms with Crippen LogP contribution < -0.4 is 5.32 Å². The number of aliphatic carboxylic acids is 1. The molecule has 0 aliphatic rings. The van der Waals surface area contributed by atoms with Crippen LogP contribution in [-0.4, -0.2) is 54.2 Å². The standard InChI is InChI=1S/C13H22N2O5/c1-5-6-7-15(8-10(16)17)12(18)11(9(2)3)14-13(19)20-4/h5,9,11H,1,6-8H2,2-4H3,(H,14,19)(H,16,17)/t11-/m0/s1. The van der Waals surface area contributed by atoms with Crippen LogP contribution in [0.2, 0.25) is 0 Å². The van der Waals surface area contributed by atoms with E-state index < -0.39 is 30.6 Å². The summed E-state index contributed by atoms with van der Waals surface area (Å²) in [5.41, 5.74) is 0. The van der Waals surface area contributed by atoms with Crippen molar-refractivity contribution in [3.8, 4) is 0 Å². The molecule has 0 aliphatic carbocycles. The Kier molecular flexibility index (Phi) is 8.03.